The van der Waals surface area contributed by atoms with Crippen molar-refractivity contribution in [2.45, 2.75) is 134 Å². The Morgan fingerprint density at radius 2 is 0.351 bits per heavy atom. The molecule has 8 heterocycles. The van der Waals surface area contributed by atoms with Crippen molar-refractivity contribution in [3.8, 4) is 22.3 Å². The minimum atomic E-state index is 0.442. The highest BCUT2D eigenvalue weighted by molar-refractivity contribution is 6.34. The Morgan fingerprint density at radius 3 is 0.588 bits per heavy atom. The van der Waals surface area contributed by atoms with Crippen LogP contribution in [0.4, 0.5) is 68.2 Å². The molecule has 716 valence electrons. The van der Waals surface area contributed by atoms with E-state index in [0.29, 0.717) is 23.7 Å². The first-order valence-corrected chi connectivity index (χ1v) is 52.8. The number of benzene rings is 20. The summed E-state index contributed by atoms with van der Waals surface area (Å²) in [7, 11) is 0. The van der Waals surface area contributed by atoms with Gasteiger partial charge in [-0.1, -0.05) is 274 Å². The Kier molecular flexibility index (Phi) is 20.7. The van der Waals surface area contributed by atoms with Crippen molar-refractivity contribution >= 4 is 221 Å². The van der Waals surface area contributed by atoms with Crippen LogP contribution in [0.5, 0.6) is 0 Å². The summed E-state index contributed by atoms with van der Waals surface area (Å²) in [6, 6.07) is 146. The summed E-state index contributed by atoms with van der Waals surface area (Å²) in [5.74, 6) is 1.77. The van der Waals surface area contributed by atoms with Crippen molar-refractivity contribution in [1.29, 1.82) is 0 Å². The van der Waals surface area contributed by atoms with Crippen molar-refractivity contribution in [1.82, 2.24) is 17.6 Å². The first-order chi connectivity index (χ1) is 72.1. The molecule has 0 aliphatic heterocycles. The molecular formula is C140H116N8. The molecule has 0 radical (unpaired) electrons. The Labute approximate surface area is 863 Å². The van der Waals surface area contributed by atoms with Gasteiger partial charge in [0.05, 0.1) is 88.9 Å². The zero-order valence-electron chi connectivity index (χ0n) is 86.8. The summed E-state index contributed by atoms with van der Waals surface area (Å²) in [5.41, 5.74) is 50.0. The van der Waals surface area contributed by atoms with E-state index in [1.807, 2.05) is 0 Å². The van der Waals surface area contributed by atoms with E-state index in [2.05, 4.69) is 536 Å². The standard InChI is InChI=1S/C74H74N4.C66H42N4/c1-39(2)67-43(9)29-51(30-44(67)10)75(52-31-45(11)68(40(3)4)46(12)32-52)61-25-19-27-63-71(61)57-23-17-21-55-59-38-66-60(37-65(59)77(63)73(55)57)56-22-18-24-58-72-62(26-20-28-64(72)78(66)74(56)58)76(53-33-47(13)69(41(5)6)48(14)34-53)54-35-49(15)70(42(7)8)50(16)36-54;1-5-19-43(20-6-1)45-23-13-29-49(39-45)67(47-25-9-3-10-26-47)57-35-17-37-59-63(57)53-33-15-31-51-55-42-62-56(41-61(55)69(59)65(51)53)52-32-16-34-54-64-58(36-18-38-60(64)70(62)66(52)54)68(48-27-11-4-12-28-48)50-30-14-24-46(40-50)44-21-7-2-8-22-44/h17-42H,1-16H3;1-42H. The predicted octanol–water partition coefficient (Wildman–Crippen LogP) is 40.1. The monoisotopic (exact) mass is 1910 g/mol. The number of para-hydroxylation sites is 6. The van der Waals surface area contributed by atoms with E-state index in [9.17, 15) is 0 Å². The number of nitrogens with zero attached hydrogens (tertiary/aromatic N) is 8. The van der Waals surface area contributed by atoms with Crippen LogP contribution in [0.3, 0.4) is 0 Å². The highest BCUT2D eigenvalue weighted by Crippen LogP contribution is 2.56. The lowest BCUT2D eigenvalue weighted by Crippen LogP contribution is -2.13. The van der Waals surface area contributed by atoms with E-state index in [1.165, 1.54) is 276 Å². The third-order valence-electron chi connectivity index (χ3n) is 32.6. The van der Waals surface area contributed by atoms with E-state index in [0.717, 1.165) is 34.1 Å². The van der Waals surface area contributed by atoms with Gasteiger partial charge in [-0.2, -0.15) is 0 Å². The summed E-state index contributed by atoms with van der Waals surface area (Å²) in [4.78, 5) is 9.98. The van der Waals surface area contributed by atoms with Crippen molar-refractivity contribution in [3.05, 3.63) is 455 Å². The average Bonchev–Trinajstić information content (AvgIpc) is 1.51. The summed E-state index contributed by atoms with van der Waals surface area (Å²) in [5, 5.41) is 20.2. The summed E-state index contributed by atoms with van der Waals surface area (Å²) in [6.45, 7) is 36.9. The topological polar surface area (TPSA) is 30.6 Å². The number of aromatic nitrogens is 4. The van der Waals surface area contributed by atoms with Crippen LogP contribution in [0.15, 0.2) is 388 Å². The van der Waals surface area contributed by atoms with Gasteiger partial charge in [0.2, 0.25) is 0 Å². The molecule has 8 aromatic heterocycles. The maximum Gasteiger partial charge on any atom is 0.0621 e. The normalized spacial score (nSPS) is 12.3. The molecule has 0 atom stereocenters. The quantitative estimate of drug-likeness (QED) is 0.0857. The Hall–Kier alpha value is -17.2. The minimum absolute atomic E-state index is 0.442. The zero-order valence-corrected chi connectivity index (χ0v) is 86.8. The first kappa shape index (κ1) is 89.6. The fourth-order valence-electron chi connectivity index (χ4n) is 27.5. The summed E-state index contributed by atoms with van der Waals surface area (Å²) < 4.78 is 10.2. The van der Waals surface area contributed by atoms with E-state index < -0.39 is 0 Å². The zero-order chi connectivity index (χ0) is 101. The summed E-state index contributed by atoms with van der Waals surface area (Å²) in [6.07, 6.45) is 0. The molecule has 0 fully saturated rings. The van der Waals surface area contributed by atoms with Gasteiger partial charge in [-0.15, -0.1) is 0 Å². The van der Waals surface area contributed by atoms with Gasteiger partial charge < -0.3 is 37.2 Å². The molecule has 28 rings (SSSR count). The number of hydrogen-bond donors (Lipinski definition) is 0. The van der Waals surface area contributed by atoms with Crippen molar-refractivity contribution in [2.75, 3.05) is 19.6 Å². The molecule has 8 heteroatoms. The fourth-order valence-corrected chi connectivity index (χ4v) is 27.5. The Balaban J connectivity index is 0.000000147. The average molecular weight is 1910 g/mol. The highest BCUT2D eigenvalue weighted by Gasteiger charge is 2.34. The lowest BCUT2D eigenvalue weighted by Gasteiger charge is -2.30. The SMILES string of the molecule is Cc1cc(N(c2cc(C)c(C(C)C)c(C)c2)c2cccc3c2c2cccc4c5cc6c(cc5n3c42)c2cccc3c4c(N(c5cc(C)c(C(C)C)c(C)c5)c5cc(C)c(C(C)C)c(C)c5)cccc4n6c23)cc(C)c1C(C)C.c1ccc(-c2cccc(N(c3ccccc3)c3cccc4c3c3cccc5c6cc7c(cc6n4c53)c3cccc4c5c(N(c6ccccc6)c6cccc(-c8ccccc8)c6)cccc5n7c34)c2)cc1. The van der Waals surface area contributed by atoms with E-state index in [4.69, 9.17) is 0 Å². The molecule has 0 saturated carbocycles. The van der Waals surface area contributed by atoms with E-state index in [-0.39, 0.29) is 0 Å². The third kappa shape index (κ3) is 13.5. The molecule has 28 aromatic rings. The molecule has 0 spiro atoms. The van der Waals surface area contributed by atoms with Gasteiger partial charge in [0.25, 0.3) is 0 Å². The lowest BCUT2D eigenvalue weighted by atomic mass is 9.91. The van der Waals surface area contributed by atoms with Gasteiger partial charge in [-0.25, -0.2) is 0 Å². The molecule has 0 bridgehead atoms. The lowest BCUT2D eigenvalue weighted by molar-refractivity contribution is 0.844. The molecule has 8 nitrogen and oxygen atoms in total. The number of anilines is 12. The van der Waals surface area contributed by atoms with Crippen molar-refractivity contribution in [2.24, 2.45) is 0 Å². The number of fused-ring (bicyclic) bond motifs is 24. The molecule has 0 amide bonds. The number of hydrogen-bond acceptors (Lipinski definition) is 4. The van der Waals surface area contributed by atoms with Gasteiger partial charge in [-0.05, 0) is 338 Å². The first-order valence-electron chi connectivity index (χ1n) is 52.8. The third-order valence-corrected chi connectivity index (χ3v) is 32.6. The number of rotatable bonds is 18. The van der Waals surface area contributed by atoms with Crippen LogP contribution in [0.25, 0.3) is 175 Å². The predicted molar refractivity (Wildman–Crippen MR) is 635 cm³/mol. The molecule has 0 aliphatic carbocycles. The molecule has 0 unspecified atom stereocenters. The van der Waals surface area contributed by atoms with Gasteiger partial charge in [-0.3, -0.25) is 0 Å². The minimum Gasteiger partial charge on any atom is -0.310 e. The van der Waals surface area contributed by atoms with Gasteiger partial charge >= 0.3 is 0 Å². The fraction of sp³-hybridized carbons (Fsp3) is 0.143. The molecule has 0 aliphatic rings. The van der Waals surface area contributed by atoms with Crippen LogP contribution in [0.2, 0.25) is 0 Å². The van der Waals surface area contributed by atoms with Gasteiger partial charge in [0.1, 0.15) is 0 Å². The molecule has 148 heavy (non-hydrogen) atoms. The second-order valence-corrected chi connectivity index (χ2v) is 43.0. The van der Waals surface area contributed by atoms with E-state index in [1.54, 1.807) is 0 Å². The Bertz CT molecular complexity index is 9430. The van der Waals surface area contributed by atoms with Crippen LogP contribution in [-0.4, -0.2) is 17.6 Å². The van der Waals surface area contributed by atoms with Crippen LogP contribution < -0.4 is 19.6 Å². The molecule has 0 saturated heterocycles. The smallest absolute Gasteiger partial charge is 0.0621 e. The van der Waals surface area contributed by atoms with Gasteiger partial charge in [0.15, 0.2) is 0 Å². The van der Waals surface area contributed by atoms with Crippen LogP contribution in [0, 0.1) is 55.4 Å². The van der Waals surface area contributed by atoms with Crippen LogP contribution in [-0.2, 0) is 0 Å². The van der Waals surface area contributed by atoms with Crippen LogP contribution in [0.1, 0.15) is 146 Å². The maximum atomic E-state index is 2.58. The molecular weight excluding hydrogens is 1790 g/mol. The van der Waals surface area contributed by atoms with Gasteiger partial charge in [0, 0.05) is 132 Å². The summed E-state index contributed by atoms with van der Waals surface area (Å²) >= 11 is 0. The van der Waals surface area contributed by atoms with Crippen LogP contribution >= 0.6 is 0 Å². The largest absolute Gasteiger partial charge is 0.310 e. The highest BCUT2D eigenvalue weighted by atomic mass is 15.2. The second kappa shape index (κ2) is 34.2. The maximum absolute atomic E-state index is 2.58. The van der Waals surface area contributed by atoms with E-state index >= 15 is 0 Å². The number of aryl methyl sites for hydroxylation is 8. The van der Waals surface area contributed by atoms with Crippen molar-refractivity contribution < 1.29 is 0 Å². The van der Waals surface area contributed by atoms with Crippen molar-refractivity contribution in [3.63, 3.8) is 0 Å². The Morgan fingerprint density at radius 1 is 0.155 bits per heavy atom. The molecule has 0 N–H and O–H groups in total. The second-order valence-electron chi connectivity index (χ2n) is 43.0. The molecule has 20 aromatic carbocycles.